The lowest BCUT2D eigenvalue weighted by atomic mass is 9.85. The van der Waals surface area contributed by atoms with E-state index < -0.39 is 29.0 Å². The summed E-state index contributed by atoms with van der Waals surface area (Å²) in [6.45, 7) is 5.03. The Morgan fingerprint density at radius 2 is 2.11 bits per heavy atom. The summed E-state index contributed by atoms with van der Waals surface area (Å²) < 4.78 is 5.16. The van der Waals surface area contributed by atoms with Gasteiger partial charge in [-0.2, -0.15) is 0 Å². The fourth-order valence-electron chi connectivity index (χ4n) is 1.71. The maximum atomic E-state index is 12.1. The van der Waals surface area contributed by atoms with E-state index >= 15 is 0 Å². The molecular formula is C12H22N2O5. The van der Waals surface area contributed by atoms with Crippen molar-refractivity contribution in [3.05, 3.63) is 0 Å². The molecule has 110 valence electrons. The molecule has 7 heteroatoms. The number of nitrogens with zero attached hydrogens (tertiary/aromatic N) is 1. The third kappa shape index (κ3) is 2.98. The minimum atomic E-state index is -1.13. The molecule has 0 aliphatic carbocycles. The van der Waals surface area contributed by atoms with E-state index in [0.717, 1.165) is 0 Å². The van der Waals surface area contributed by atoms with Crippen molar-refractivity contribution in [3.8, 4) is 0 Å². The second kappa shape index (κ2) is 5.34. The number of aliphatic hydroxyl groups excluding tert-OH is 1. The first-order valence-electron chi connectivity index (χ1n) is 6.11. The number of carbonyl (C=O) groups is 2. The zero-order valence-corrected chi connectivity index (χ0v) is 11.8. The van der Waals surface area contributed by atoms with Crippen LogP contribution < -0.4 is 5.32 Å². The number of rotatable bonds is 4. The monoisotopic (exact) mass is 274 g/mol. The lowest BCUT2D eigenvalue weighted by molar-refractivity contribution is -0.148. The smallest absolute Gasteiger partial charge is 0.317 e. The first kappa shape index (κ1) is 15.7. The molecule has 0 aromatic carbocycles. The molecule has 19 heavy (non-hydrogen) atoms. The van der Waals surface area contributed by atoms with E-state index in [1.165, 1.54) is 4.90 Å². The van der Waals surface area contributed by atoms with E-state index in [4.69, 9.17) is 4.74 Å². The van der Waals surface area contributed by atoms with Crippen molar-refractivity contribution < 1.29 is 24.5 Å². The Kier molecular flexibility index (Phi) is 4.42. The zero-order valence-electron chi connectivity index (χ0n) is 11.8. The second-order valence-corrected chi connectivity index (χ2v) is 5.77. The van der Waals surface area contributed by atoms with Crippen LogP contribution in [-0.2, 0) is 9.53 Å². The van der Waals surface area contributed by atoms with Gasteiger partial charge in [-0.15, -0.1) is 0 Å². The molecule has 2 atom stereocenters. The molecule has 1 fully saturated rings. The summed E-state index contributed by atoms with van der Waals surface area (Å²) in [6, 6.07) is -1.02. The Labute approximate surface area is 112 Å². The number of ether oxygens (including phenoxy) is 1. The number of urea groups is 1. The molecule has 1 aliphatic heterocycles. The van der Waals surface area contributed by atoms with Crippen molar-refractivity contribution in [2.75, 3.05) is 26.9 Å². The van der Waals surface area contributed by atoms with Crippen LogP contribution in [0.15, 0.2) is 0 Å². The summed E-state index contributed by atoms with van der Waals surface area (Å²) in [5.74, 6) is -1.00. The van der Waals surface area contributed by atoms with Crippen molar-refractivity contribution >= 4 is 12.0 Å². The Balaban J connectivity index is 2.75. The number of aliphatic carboxylic acids is 1. The summed E-state index contributed by atoms with van der Waals surface area (Å²) in [4.78, 5) is 24.7. The SMILES string of the molecule is CN(C(=O)NC1COCC1(C)C(=O)O)C(C)(C)CO. The molecule has 2 unspecified atom stereocenters. The largest absolute Gasteiger partial charge is 0.481 e. The van der Waals surface area contributed by atoms with Gasteiger partial charge in [0.25, 0.3) is 0 Å². The number of aliphatic hydroxyl groups is 1. The average molecular weight is 274 g/mol. The number of nitrogens with one attached hydrogen (secondary N) is 1. The molecule has 0 bridgehead atoms. The molecule has 1 rings (SSSR count). The van der Waals surface area contributed by atoms with Crippen LogP contribution in [-0.4, -0.2) is 65.6 Å². The molecule has 1 saturated heterocycles. The Bertz CT molecular complexity index is 371. The number of hydrogen-bond donors (Lipinski definition) is 3. The first-order chi connectivity index (χ1) is 8.65. The summed E-state index contributed by atoms with van der Waals surface area (Å²) in [5.41, 5.74) is -1.84. The molecular weight excluding hydrogens is 252 g/mol. The highest BCUT2D eigenvalue weighted by Gasteiger charge is 2.48. The fourth-order valence-corrected chi connectivity index (χ4v) is 1.71. The molecule has 1 heterocycles. The van der Waals surface area contributed by atoms with Gasteiger partial charge in [0.05, 0.1) is 31.4 Å². The third-order valence-corrected chi connectivity index (χ3v) is 3.84. The predicted octanol–water partition coefficient (Wildman–Crippen LogP) is -0.112. The van der Waals surface area contributed by atoms with Gasteiger partial charge in [0.2, 0.25) is 0 Å². The van der Waals surface area contributed by atoms with Gasteiger partial charge in [0, 0.05) is 7.05 Å². The second-order valence-electron chi connectivity index (χ2n) is 5.77. The van der Waals surface area contributed by atoms with Gasteiger partial charge in [-0.3, -0.25) is 4.79 Å². The summed E-state index contributed by atoms with van der Waals surface area (Å²) in [7, 11) is 1.56. The normalized spacial score (nSPS) is 27.1. The number of carboxylic acids is 1. The van der Waals surface area contributed by atoms with Crippen LogP contribution >= 0.6 is 0 Å². The first-order valence-corrected chi connectivity index (χ1v) is 6.11. The Morgan fingerprint density at radius 1 is 1.53 bits per heavy atom. The third-order valence-electron chi connectivity index (χ3n) is 3.84. The van der Waals surface area contributed by atoms with Crippen LogP contribution in [0.4, 0.5) is 4.79 Å². The van der Waals surface area contributed by atoms with Gasteiger partial charge < -0.3 is 25.2 Å². The van der Waals surface area contributed by atoms with Crippen molar-refractivity contribution in [1.29, 1.82) is 0 Å². The van der Waals surface area contributed by atoms with Gasteiger partial charge in [-0.25, -0.2) is 4.79 Å². The highest BCUT2D eigenvalue weighted by Crippen LogP contribution is 2.29. The molecule has 2 amide bonds. The van der Waals surface area contributed by atoms with Crippen molar-refractivity contribution in [2.45, 2.75) is 32.4 Å². The number of carboxylic acid groups (broad SMARTS) is 1. The molecule has 0 radical (unpaired) electrons. The highest BCUT2D eigenvalue weighted by atomic mass is 16.5. The summed E-state index contributed by atoms with van der Waals surface area (Å²) >= 11 is 0. The van der Waals surface area contributed by atoms with Gasteiger partial charge in [-0.05, 0) is 20.8 Å². The van der Waals surface area contributed by atoms with Gasteiger partial charge in [0.1, 0.15) is 5.41 Å². The Morgan fingerprint density at radius 3 is 2.58 bits per heavy atom. The van der Waals surface area contributed by atoms with E-state index in [0.29, 0.717) is 0 Å². The van der Waals surface area contributed by atoms with E-state index in [1.54, 1.807) is 27.8 Å². The molecule has 3 N–H and O–H groups in total. The van der Waals surface area contributed by atoms with Crippen LogP contribution in [0.3, 0.4) is 0 Å². The van der Waals surface area contributed by atoms with Crippen LogP contribution in [0.1, 0.15) is 20.8 Å². The maximum absolute atomic E-state index is 12.1. The molecule has 0 spiro atoms. The van der Waals surface area contributed by atoms with Crippen LogP contribution in [0.25, 0.3) is 0 Å². The molecule has 7 nitrogen and oxygen atoms in total. The zero-order chi connectivity index (χ0) is 14.8. The van der Waals surface area contributed by atoms with Gasteiger partial charge in [0.15, 0.2) is 0 Å². The summed E-state index contributed by atoms with van der Waals surface area (Å²) in [5, 5.41) is 21.1. The van der Waals surface area contributed by atoms with Crippen LogP contribution in [0.2, 0.25) is 0 Å². The maximum Gasteiger partial charge on any atom is 0.317 e. The van der Waals surface area contributed by atoms with Crippen LogP contribution in [0, 0.1) is 5.41 Å². The molecule has 0 aromatic heterocycles. The molecule has 0 aromatic rings. The van der Waals surface area contributed by atoms with Gasteiger partial charge >= 0.3 is 12.0 Å². The van der Waals surface area contributed by atoms with Crippen LogP contribution in [0.5, 0.6) is 0 Å². The lowest BCUT2D eigenvalue weighted by Crippen LogP contribution is -2.57. The number of likely N-dealkylation sites (N-methyl/N-ethyl adjacent to an activating group) is 1. The number of carbonyl (C=O) groups excluding carboxylic acids is 1. The minimum Gasteiger partial charge on any atom is -0.481 e. The summed E-state index contributed by atoms with van der Waals surface area (Å²) in [6.07, 6.45) is 0. The highest BCUT2D eigenvalue weighted by molar-refractivity contribution is 5.79. The van der Waals surface area contributed by atoms with E-state index in [1.807, 2.05) is 0 Å². The number of amides is 2. The lowest BCUT2D eigenvalue weighted by Gasteiger charge is -2.36. The van der Waals surface area contributed by atoms with E-state index in [9.17, 15) is 19.8 Å². The topological polar surface area (TPSA) is 99.1 Å². The van der Waals surface area contributed by atoms with E-state index in [-0.39, 0.29) is 19.8 Å². The van der Waals surface area contributed by atoms with Crippen molar-refractivity contribution in [1.82, 2.24) is 10.2 Å². The number of hydrogen-bond acceptors (Lipinski definition) is 4. The average Bonchev–Trinajstić information content (AvgIpc) is 2.71. The van der Waals surface area contributed by atoms with Gasteiger partial charge in [-0.1, -0.05) is 0 Å². The Hall–Kier alpha value is -1.34. The standard InChI is InChI=1S/C12H22N2O5/c1-11(2,6-15)14(4)10(18)13-8-5-19-7-12(8,3)9(16)17/h8,15H,5-7H2,1-4H3,(H,13,18)(H,16,17). The fraction of sp³-hybridized carbons (Fsp3) is 0.833. The van der Waals surface area contributed by atoms with Crippen molar-refractivity contribution in [3.63, 3.8) is 0 Å². The van der Waals surface area contributed by atoms with E-state index in [2.05, 4.69) is 5.32 Å². The molecule has 0 saturated carbocycles. The quantitative estimate of drug-likeness (QED) is 0.664. The predicted molar refractivity (Wildman–Crippen MR) is 67.8 cm³/mol. The molecule has 1 aliphatic rings. The van der Waals surface area contributed by atoms with Crippen molar-refractivity contribution in [2.24, 2.45) is 5.41 Å². The minimum absolute atomic E-state index is 0.0698.